The Morgan fingerprint density at radius 2 is 1.43 bits per heavy atom. The van der Waals surface area contributed by atoms with Gasteiger partial charge in [0.2, 0.25) is 0 Å². The van der Waals surface area contributed by atoms with E-state index in [2.05, 4.69) is 72.6 Å². The molecule has 0 N–H and O–H groups in total. The second kappa shape index (κ2) is 6.19. The molecule has 0 unspecified atom stereocenters. The van der Waals surface area contributed by atoms with Crippen molar-refractivity contribution < 1.29 is 0 Å². The minimum atomic E-state index is 1.01. The van der Waals surface area contributed by atoms with E-state index in [4.69, 9.17) is 0 Å². The normalized spacial score (nSPS) is 10.9. The molecular formula is C20H17N. The second-order valence-electron chi connectivity index (χ2n) is 5.09. The zero-order valence-corrected chi connectivity index (χ0v) is 12.0. The summed E-state index contributed by atoms with van der Waals surface area (Å²) in [6, 6.07) is 22.9. The third-order valence-electron chi connectivity index (χ3n) is 3.40. The zero-order chi connectivity index (χ0) is 14.5. The van der Waals surface area contributed by atoms with Gasteiger partial charge in [0.1, 0.15) is 0 Å². The lowest BCUT2D eigenvalue weighted by Gasteiger charge is -2.02. The summed E-state index contributed by atoms with van der Waals surface area (Å²) in [4.78, 5) is 4.54. The van der Waals surface area contributed by atoms with Crippen molar-refractivity contribution >= 4 is 12.2 Å². The molecule has 3 aromatic rings. The molecule has 0 aliphatic carbocycles. The summed E-state index contributed by atoms with van der Waals surface area (Å²) in [6.07, 6.45) is 6.10. The van der Waals surface area contributed by atoms with Crippen molar-refractivity contribution in [1.29, 1.82) is 0 Å². The molecule has 3 rings (SSSR count). The van der Waals surface area contributed by atoms with E-state index >= 15 is 0 Å². The van der Waals surface area contributed by atoms with Gasteiger partial charge in [0.25, 0.3) is 0 Å². The minimum absolute atomic E-state index is 1.01. The van der Waals surface area contributed by atoms with E-state index in [1.54, 1.807) is 0 Å². The lowest BCUT2D eigenvalue weighted by atomic mass is 10.1. The second-order valence-corrected chi connectivity index (χ2v) is 5.09. The Morgan fingerprint density at radius 3 is 2.10 bits per heavy atom. The molecule has 0 fully saturated rings. The summed E-state index contributed by atoms with van der Waals surface area (Å²) >= 11 is 0. The van der Waals surface area contributed by atoms with Gasteiger partial charge in [0.05, 0.1) is 5.69 Å². The average molecular weight is 271 g/mol. The van der Waals surface area contributed by atoms with Crippen LogP contribution in [0.1, 0.15) is 16.7 Å². The van der Waals surface area contributed by atoms with Crippen molar-refractivity contribution in [2.45, 2.75) is 6.92 Å². The lowest BCUT2D eigenvalue weighted by Crippen LogP contribution is -1.84. The van der Waals surface area contributed by atoms with Gasteiger partial charge < -0.3 is 0 Å². The summed E-state index contributed by atoms with van der Waals surface area (Å²) < 4.78 is 0. The van der Waals surface area contributed by atoms with E-state index in [9.17, 15) is 0 Å². The summed E-state index contributed by atoms with van der Waals surface area (Å²) in [5.74, 6) is 0. The van der Waals surface area contributed by atoms with Crippen molar-refractivity contribution in [3.63, 3.8) is 0 Å². The molecule has 0 aliphatic heterocycles. The molecule has 0 saturated heterocycles. The average Bonchev–Trinajstić information content (AvgIpc) is 2.55. The Hall–Kier alpha value is -2.67. The Bertz CT molecular complexity index is 723. The largest absolute Gasteiger partial charge is 0.256 e. The molecule has 21 heavy (non-hydrogen) atoms. The number of aromatic nitrogens is 1. The fourth-order valence-electron chi connectivity index (χ4n) is 2.16. The molecule has 1 heteroatoms. The molecule has 2 aromatic carbocycles. The topological polar surface area (TPSA) is 12.9 Å². The Labute approximate surface area is 125 Å². The first kappa shape index (κ1) is 13.3. The van der Waals surface area contributed by atoms with Crippen LogP contribution < -0.4 is 0 Å². The fraction of sp³-hybridized carbons (Fsp3) is 0.0500. The number of benzene rings is 2. The number of hydrogen-bond donors (Lipinski definition) is 0. The van der Waals surface area contributed by atoms with Crippen molar-refractivity contribution in [2.75, 3.05) is 0 Å². The Morgan fingerprint density at radius 1 is 0.714 bits per heavy atom. The van der Waals surface area contributed by atoms with E-state index < -0.39 is 0 Å². The van der Waals surface area contributed by atoms with Gasteiger partial charge in [0, 0.05) is 11.8 Å². The highest BCUT2D eigenvalue weighted by atomic mass is 14.7. The molecule has 1 heterocycles. The van der Waals surface area contributed by atoms with E-state index in [0.29, 0.717) is 0 Å². The third kappa shape index (κ3) is 3.46. The number of nitrogens with zero attached hydrogens (tertiary/aromatic N) is 1. The quantitative estimate of drug-likeness (QED) is 0.636. The molecule has 0 aliphatic rings. The highest BCUT2D eigenvalue weighted by Gasteiger charge is 1.98. The summed E-state index contributed by atoms with van der Waals surface area (Å²) in [5.41, 5.74) is 5.72. The Kier molecular flexibility index (Phi) is 3.92. The van der Waals surface area contributed by atoms with Crippen molar-refractivity contribution in [3.8, 4) is 11.3 Å². The van der Waals surface area contributed by atoms with Crippen molar-refractivity contribution in [1.82, 2.24) is 4.98 Å². The molecule has 0 radical (unpaired) electrons. The van der Waals surface area contributed by atoms with Crippen LogP contribution >= 0.6 is 0 Å². The van der Waals surface area contributed by atoms with E-state index in [1.165, 1.54) is 11.1 Å². The monoisotopic (exact) mass is 271 g/mol. The van der Waals surface area contributed by atoms with E-state index in [1.807, 2.05) is 24.4 Å². The van der Waals surface area contributed by atoms with Gasteiger partial charge in [-0.15, -0.1) is 0 Å². The van der Waals surface area contributed by atoms with Crippen LogP contribution in [0.4, 0.5) is 0 Å². The molecular weight excluding hydrogens is 254 g/mol. The zero-order valence-electron chi connectivity index (χ0n) is 12.0. The SMILES string of the molecule is Cc1ccc(-c2ccc(/C=C/c3ccccc3)cn2)cc1. The number of rotatable bonds is 3. The van der Waals surface area contributed by atoms with Crippen molar-refractivity contribution in [2.24, 2.45) is 0 Å². The summed E-state index contributed by atoms with van der Waals surface area (Å²) in [6.45, 7) is 2.09. The van der Waals surface area contributed by atoms with Crippen LogP contribution in [-0.4, -0.2) is 4.98 Å². The molecule has 1 aromatic heterocycles. The van der Waals surface area contributed by atoms with Gasteiger partial charge in [0.15, 0.2) is 0 Å². The van der Waals surface area contributed by atoms with Gasteiger partial charge in [-0.1, -0.05) is 78.4 Å². The predicted molar refractivity (Wildman–Crippen MR) is 89.8 cm³/mol. The first-order valence-electron chi connectivity index (χ1n) is 7.07. The fourth-order valence-corrected chi connectivity index (χ4v) is 2.16. The molecule has 0 bridgehead atoms. The summed E-state index contributed by atoms with van der Waals surface area (Å²) in [7, 11) is 0. The van der Waals surface area contributed by atoms with Gasteiger partial charge >= 0.3 is 0 Å². The van der Waals surface area contributed by atoms with Crippen LogP contribution in [0, 0.1) is 6.92 Å². The third-order valence-corrected chi connectivity index (χ3v) is 3.40. The van der Waals surface area contributed by atoms with Crippen molar-refractivity contribution in [3.05, 3.63) is 89.6 Å². The molecule has 1 nitrogen and oxygen atoms in total. The maximum Gasteiger partial charge on any atom is 0.0702 e. The lowest BCUT2D eigenvalue weighted by molar-refractivity contribution is 1.31. The maximum atomic E-state index is 4.54. The number of aryl methyl sites for hydroxylation is 1. The molecule has 0 amide bonds. The summed E-state index contributed by atoms with van der Waals surface area (Å²) in [5, 5.41) is 0. The van der Waals surface area contributed by atoms with Gasteiger partial charge in [-0.25, -0.2) is 0 Å². The van der Waals surface area contributed by atoms with Gasteiger partial charge in [-0.3, -0.25) is 4.98 Å². The molecule has 0 spiro atoms. The highest BCUT2D eigenvalue weighted by molar-refractivity contribution is 5.70. The highest BCUT2D eigenvalue weighted by Crippen LogP contribution is 2.18. The molecule has 0 saturated carbocycles. The van der Waals surface area contributed by atoms with E-state index in [-0.39, 0.29) is 0 Å². The Balaban J connectivity index is 1.78. The number of hydrogen-bond acceptors (Lipinski definition) is 1. The minimum Gasteiger partial charge on any atom is -0.256 e. The molecule has 0 atom stereocenters. The molecule has 102 valence electrons. The van der Waals surface area contributed by atoms with E-state index in [0.717, 1.165) is 16.8 Å². The predicted octanol–water partition coefficient (Wildman–Crippen LogP) is 5.23. The van der Waals surface area contributed by atoms with Gasteiger partial charge in [-0.2, -0.15) is 0 Å². The first-order chi connectivity index (χ1) is 10.3. The number of pyridine rings is 1. The van der Waals surface area contributed by atoms with Crippen LogP contribution in [0.15, 0.2) is 72.9 Å². The van der Waals surface area contributed by atoms with Crippen LogP contribution in [-0.2, 0) is 0 Å². The van der Waals surface area contributed by atoms with Crippen LogP contribution in [0.2, 0.25) is 0 Å². The van der Waals surface area contributed by atoms with Crippen LogP contribution in [0.3, 0.4) is 0 Å². The van der Waals surface area contributed by atoms with Gasteiger partial charge in [-0.05, 0) is 24.1 Å². The maximum absolute atomic E-state index is 4.54. The standard InChI is InChI=1S/C20H17N/c1-16-7-12-19(13-8-16)20-14-11-18(15-21-20)10-9-17-5-3-2-4-6-17/h2-15H,1H3/b10-9+. The van der Waals surface area contributed by atoms with Crippen LogP contribution in [0.25, 0.3) is 23.4 Å². The first-order valence-corrected chi connectivity index (χ1v) is 7.07. The smallest absolute Gasteiger partial charge is 0.0702 e. The van der Waals surface area contributed by atoms with Crippen LogP contribution in [0.5, 0.6) is 0 Å².